The molecule has 7 heteroatoms. The van der Waals surface area contributed by atoms with E-state index in [1.165, 1.54) is 24.3 Å². The van der Waals surface area contributed by atoms with Gasteiger partial charge in [0.15, 0.2) is 11.5 Å². The molecule has 2 aromatic carbocycles. The maximum absolute atomic E-state index is 13.6. The van der Waals surface area contributed by atoms with Gasteiger partial charge in [0.05, 0.1) is 16.3 Å². The minimum atomic E-state index is -0.672. The van der Waals surface area contributed by atoms with Crippen molar-refractivity contribution < 1.29 is 18.7 Å². The molecule has 4 nitrogen and oxygen atoms in total. The molecule has 0 saturated carbocycles. The summed E-state index contributed by atoms with van der Waals surface area (Å²) >= 11 is 11.8. The van der Waals surface area contributed by atoms with E-state index in [4.69, 9.17) is 32.7 Å². The lowest BCUT2D eigenvalue weighted by atomic mass is 10.2. The summed E-state index contributed by atoms with van der Waals surface area (Å²) in [7, 11) is 0. The average molecular weight is 328 g/mol. The summed E-state index contributed by atoms with van der Waals surface area (Å²) in [5, 5.41) is 3.04. The molecule has 0 fully saturated rings. The third kappa shape index (κ3) is 2.75. The van der Waals surface area contributed by atoms with Crippen LogP contribution in [0.3, 0.4) is 0 Å². The van der Waals surface area contributed by atoms with Crippen LogP contribution in [0.1, 0.15) is 10.4 Å². The summed E-state index contributed by atoms with van der Waals surface area (Å²) < 4.78 is 24.0. The molecule has 108 valence electrons. The van der Waals surface area contributed by atoms with E-state index in [0.717, 1.165) is 6.07 Å². The van der Waals surface area contributed by atoms with Gasteiger partial charge >= 0.3 is 0 Å². The van der Waals surface area contributed by atoms with Crippen molar-refractivity contribution in [1.82, 2.24) is 0 Å². The highest BCUT2D eigenvalue weighted by atomic mass is 35.5. The predicted molar refractivity (Wildman–Crippen MR) is 76.9 cm³/mol. The smallest absolute Gasteiger partial charge is 0.258 e. The molecule has 0 radical (unpaired) electrons. The number of ether oxygens (including phenoxy) is 2. The molecule has 0 atom stereocenters. The quantitative estimate of drug-likeness (QED) is 0.902. The highest BCUT2D eigenvalue weighted by molar-refractivity contribution is 6.34. The summed E-state index contributed by atoms with van der Waals surface area (Å²) in [6.45, 7) is 0.0893. The standard InChI is InChI=1S/C14H8Cl2FNO3/c15-7-1-2-10(17)8(3-7)14(19)18-11-5-13-12(4-9(11)16)20-6-21-13/h1-5H,6H2,(H,18,19). The van der Waals surface area contributed by atoms with E-state index < -0.39 is 11.7 Å². The van der Waals surface area contributed by atoms with Gasteiger partial charge in [-0.1, -0.05) is 23.2 Å². The fourth-order valence-electron chi connectivity index (χ4n) is 1.87. The highest BCUT2D eigenvalue weighted by Gasteiger charge is 2.19. The van der Waals surface area contributed by atoms with Crippen molar-refractivity contribution in [1.29, 1.82) is 0 Å². The molecule has 1 aliphatic rings. The fraction of sp³-hybridized carbons (Fsp3) is 0.0714. The van der Waals surface area contributed by atoms with Gasteiger partial charge in [0.1, 0.15) is 5.82 Å². The Morgan fingerprint density at radius 3 is 2.62 bits per heavy atom. The van der Waals surface area contributed by atoms with Crippen molar-refractivity contribution in [2.45, 2.75) is 0 Å². The normalized spacial score (nSPS) is 12.3. The van der Waals surface area contributed by atoms with E-state index in [9.17, 15) is 9.18 Å². The summed E-state index contributed by atoms with van der Waals surface area (Å²) in [4.78, 5) is 12.1. The Bertz CT molecular complexity index is 736. The van der Waals surface area contributed by atoms with E-state index in [1.54, 1.807) is 0 Å². The minimum absolute atomic E-state index is 0.0893. The van der Waals surface area contributed by atoms with Crippen molar-refractivity contribution in [3.8, 4) is 11.5 Å². The van der Waals surface area contributed by atoms with Gasteiger partial charge in [-0.05, 0) is 18.2 Å². The largest absolute Gasteiger partial charge is 0.454 e. The van der Waals surface area contributed by atoms with Crippen LogP contribution in [-0.2, 0) is 0 Å². The van der Waals surface area contributed by atoms with Crippen LogP contribution in [-0.4, -0.2) is 12.7 Å². The summed E-state index contributed by atoms with van der Waals surface area (Å²) in [5.74, 6) is -0.377. The molecule has 0 aliphatic carbocycles. The van der Waals surface area contributed by atoms with E-state index >= 15 is 0 Å². The first-order chi connectivity index (χ1) is 10.0. The second-order valence-electron chi connectivity index (χ2n) is 4.26. The Hall–Kier alpha value is -1.98. The number of benzene rings is 2. The molecule has 3 rings (SSSR count). The lowest BCUT2D eigenvalue weighted by Crippen LogP contribution is -2.14. The van der Waals surface area contributed by atoms with Crippen LogP contribution in [0, 0.1) is 5.82 Å². The maximum Gasteiger partial charge on any atom is 0.258 e. The SMILES string of the molecule is O=C(Nc1cc2c(cc1Cl)OCO2)c1cc(Cl)ccc1F. The Balaban J connectivity index is 1.90. The minimum Gasteiger partial charge on any atom is -0.454 e. The zero-order valence-corrected chi connectivity index (χ0v) is 12.0. The van der Waals surface area contributed by atoms with Crippen molar-refractivity contribution in [2.75, 3.05) is 12.1 Å². The molecule has 0 bridgehead atoms. The van der Waals surface area contributed by atoms with Gasteiger partial charge in [0.25, 0.3) is 5.91 Å². The van der Waals surface area contributed by atoms with Crippen LogP contribution in [0.25, 0.3) is 0 Å². The number of anilines is 1. The first-order valence-electron chi connectivity index (χ1n) is 5.90. The first-order valence-corrected chi connectivity index (χ1v) is 6.66. The van der Waals surface area contributed by atoms with Gasteiger partial charge in [-0.25, -0.2) is 4.39 Å². The first kappa shape index (κ1) is 14.0. The van der Waals surface area contributed by atoms with Gasteiger partial charge in [0, 0.05) is 17.2 Å². The number of amides is 1. The van der Waals surface area contributed by atoms with E-state index in [2.05, 4.69) is 5.32 Å². The highest BCUT2D eigenvalue weighted by Crippen LogP contribution is 2.39. The third-order valence-electron chi connectivity index (χ3n) is 2.88. The molecule has 1 N–H and O–H groups in total. The molecule has 1 heterocycles. The van der Waals surface area contributed by atoms with Crippen molar-refractivity contribution in [3.63, 3.8) is 0 Å². The molecular formula is C14H8Cl2FNO3. The molecule has 0 aromatic heterocycles. The zero-order chi connectivity index (χ0) is 15.0. The Labute approximate surface area is 129 Å². The fourth-order valence-corrected chi connectivity index (χ4v) is 2.25. The van der Waals surface area contributed by atoms with Gasteiger partial charge in [-0.2, -0.15) is 0 Å². The molecule has 1 aliphatic heterocycles. The predicted octanol–water partition coefficient (Wildman–Crippen LogP) is 4.11. The second kappa shape index (κ2) is 5.42. The summed E-state index contributed by atoms with van der Waals surface area (Å²) in [6, 6.07) is 6.77. The number of hydrogen-bond acceptors (Lipinski definition) is 3. The van der Waals surface area contributed by atoms with Gasteiger partial charge in [-0.3, -0.25) is 4.79 Å². The van der Waals surface area contributed by atoms with Crippen LogP contribution in [0.5, 0.6) is 11.5 Å². The molecular weight excluding hydrogens is 320 g/mol. The third-order valence-corrected chi connectivity index (χ3v) is 3.43. The lowest BCUT2D eigenvalue weighted by molar-refractivity contribution is 0.102. The summed E-state index contributed by atoms with van der Waals surface area (Å²) in [5.41, 5.74) is 0.126. The Morgan fingerprint density at radius 1 is 1.14 bits per heavy atom. The Kier molecular flexibility index (Phi) is 3.61. The molecule has 21 heavy (non-hydrogen) atoms. The number of fused-ring (bicyclic) bond motifs is 1. The molecule has 1 amide bonds. The number of rotatable bonds is 2. The zero-order valence-electron chi connectivity index (χ0n) is 10.5. The van der Waals surface area contributed by atoms with Crippen LogP contribution in [0.4, 0.5) is 10.1 Å². The van der Waals surface area contributed by atoms with E-state index in [-0.39, 0.29) is 22.4 Å². The number of hydrogen-bond donors (Lipinski definition) is 1. The topological polar surface area (TPSA) is 47.6 Å². The van der Waals surface area contributed by atoms with Crippen molar-refractivity contribution in [3.05, 3.63) is 51.8 Å². The second-order valence-corrected chi connectivity index (χ2v) is 5.11. The van der Waals surface area contributed by atoms with Crippen LogP contribution >= 0.6 is 23.2 Å². The Morgan fingerprint density at radius 2 is 1.86 bits per heavy atom. The van der Waals surface area contributed by atoms with Gasteiger partial charge < -0.3 is 14.8 Å². The average Bonchev–Trinajstić information content (AvgIpc) is 2.88. The molecule has 0 unspecified atom stereocenters. The van der Waals surface area contributed by atoms with Crippen LogP contribution < -0.4 is 14.8 Å². The number of halogens is 3. The van der Waals surface area contributed by atoms with Crippen molar-refractivity contribution >= 4 is 34.8 Å². The van der Waals surface area contributed by atoms with E-state index in [0.29, 0.717) is 17.2 Å². The number of nitrogens with one attached hydrogen (secondary N) is 1. The molecule has 2 aromatic rings. The maximum atomic E-state index is 13.6. The molecule has 0 saturated heterocycles. The number of carbonyl (C=O) groups is 1. The molecule has 0 spiro atoms. The number of carbonyl (C=O) groups excluding carboxylic acids is 1. The van der Waals surface area contributed by atoms with Crippen LogP contribution in [0.15, 0.2) is 30.3 Å². The summed E-state index contributed by atoms with van der Waals surface area (Å²) in [6.07, 6.45) is 0. The van der Waals surface area contributed by atoms with Gasteiger partial charge in [0.2, 0.25) is 6.79 Å². The van der Waals surface area contributed by atoms with E-state index in [1.807, 2.05) is 0 Å². The lowest BCUT2D eigenvalue weighted by Gasteiger charge is -2.09. The van der Waals surface area contributed by atoms with Crippen molar-refractivity contribution in [2.24, 2.45) is 0 Å². The van der Waals surface area contributed by atoms with Gasteiger partial charge in [-0.15, -0.1) is 0 Å². The monoisotopic (exact) mass is 327 g/mol. The van der Waals surface area contributed by atoms with Crippen LogP contribution in [0.2, 0.25) is 10.0 Å².